The molecule has 0 aromatic carbocycles. The zero-order valence-electron chi connectivity index (χ0n) is 8.55. The third kappa shape index (κ3) is 2.69. The molecule has 0 aromatic rings. The number of nitrogens with one attached hydrogen (secondary N) is 1. The molecule has 1 heterocycles. The third-order valence-corrected chi connectivity index (χ3v) is 3.07. The van der Waals surface area contributed by atoms with Crippen LogP contribution in [0, 0.1) is 12.8 Å². The summed E-state index contributed by atoms with van der Waals surface area (Å²) >= 11 is 0. The number of nitrogens with zero attached hydrogens (tertiary/aromatic N) is 1. The Morgan fingerprint density at radius 1 is 1.54 bits per heavy atom. The molecule has 1 N–H and O–H groups in total. The maximum atomic E-state index is 11.0. The zero-order valence-corrected chi connectivity index (χ0v) is 8.55. The van der Waals surface area contributed by atoms with Gasteiger partial charge in [0.05, 0.1) is 0 Å². The highest BCUT2D eigenvalue weighted by Crippen LogP contribution is 2.19. The van der Waals surface area contributed by atoms with Gasteiger partial charge in [-0.2, -0.15) is 0 Å². The normalized spacial score (nSPS) is 21.2. The molecule has 0 bridgehead atoms. The van der Waals surface area contributed by atoms with Crippen LogP contribution in [0.3, 0.4) is 0 Å². The van der Waals surface area contributed by atoms with Crippen molar-refractivity contribution in [3.63, 3.8) is 0 Å². The summed E-state index contributed by atoms with van der Waals surface area (Å²) in [6, 6.07) is 0.326. The van der Waals surface area contributed by atoms with Gasteiger partial charge in [-0.05, 0) is 38.8 Å². The molecule has 3 nitrogen and oxygen atoms in total. The molecule has 0 saturated carbocycles. The van der Waals surface area contributed by atoms with E-state index in [2.05, 4.69) is 19.2 Å². The van der Waals surface area contributed by atoms with E-state index in [1.54, 1.807) is 4.90 Å². The van der Waals surface area contributed by atoms with Crippen molar-refractivity contribution in [2.24, 2.45) is 5.92 Å². The van der Waals surface area contributed by atoms with Crippen LogP contribution in [0.5, 0.6) is 0 Å². The van der Waals surface area contributed by atoms with Crippen LogP contribution in [-0.4, -0.2) is 37.0 Å². The molecule has 3 heteroatoms. The van der Waals surface area contributed by atoms with E-state index in [1.165, 1.54) is 12.8 Å². The Kier molecular flexibility index (Phi) is 3.72. The highest BCUT2D eigenvalue weighted by Gasteiger charge is 2.23. The van der Waals surface area contributed by atoms with Crippen molar-refractivity contribution in [3.8, 4) is 0 Å². The van der Waals surface area contributed by atoms with Crippen molar-refractivity contribution in [1.82, 2.24) is 10.2 Å². The quantitative estimate of drug-likeness (QED) is 0.682. The molecule has 0 aromatic heterocycles. The SMILES string of the molecule is [CH2]C(=O)N(C)C(C)C1CCNCC1. The maximum Gasteiger partial charge on any atom is 0.223 e. The highest BCUT2D eigenvalue weighted by atomic mass is 16.2. The monoisotopic (exact) mass is 183 g/mol. The van der Waals surface area contributed by atoms with E-state index >= 15 is 0 Å². The first-order chi connectivity index (χ1) is 6.13. The van der Waals surface area contributed by atoms with Crippen molar-refractivity contribution in [2.45, 2.75) is 25.8 Å². The summed E-state index contributed by atoms with van der Waals surface area (Å²) in [6.45, 7) is 7.69. The Morgan fingerprint density at radius 3 is 2.54 bits per heavy atom. The van der Waals surface area contributed by atoms with Crippen LogP contribution < -0.4 is 5.32 Å². The average molecular weight is 183 g/mol. The first-order valence-electron chi connectivity index (χ1n) is 4.92. The van der Waals surface area contributed by atoms with E-state index in [9.17, 15) is 4.79 Å². The minimum Gasteiger partial charge on any atom is -0.343 e. The molecule has 0 aliphatic carbocycles. The number of piperidine rings is 1. The van der Waals surface area contributed by atoms with Gasteiger partial charge in [0.15, 0.2) is 0 Å². The predicted octanol–water partition coefficient (Wildman–Crippen LogP) is 0.667. The molecule has 1 aliphatic heterocycles. The highest BCUT2D eigenvalue weighted by molar-refractivity contribution is 5.80. The van der Waals surface area contributed by atoms with Gasteiger partial charge < -0.3 is 10.2 Å². The summed E-state index contributed by atoms with van der Waals surface area (Å²) in [5.74, 6) is 0.558. The van der Waals surface area contributed by atoms with Crippen LogP contribution in [0.4, 0.5) is 0 Å². The molecule has 1 fully saturated rings. The summed E-state index contributed by atoms with van der Waals surface area (Å²) in [4.78, 5) is 12.8. The molecule has 1 aliphatic rings. The number of rotatable bonds is 2. The fraction of sp³-hybridized carbons (Fsp3) is 0.800. The summed E-state index contributed by atoms with van der Waals surface area (Å²) in [6.07, 6.45) is 2.33. The fourth-order valence-corrected chi connectivity index (χ4v) is 1.87. The van der Waals surface area contributed by atoms with Gasteiger partial charge in [-0.15, -0.1) is 0 Å². The van der Waals surface area contributed by atoms with Gasteiger partial charge in [0.1, 0.15) is 0 Å². The Hall–Kier alpha value is -0.570. The van der Waals surface area contributed by atoms with E-state index in [0.29, 0.717) is 12.0 Å². The largest absolute Gasteiger partial charge is 0.343 e. The lowest BCUT2D eigenvalue weighted by atomic mass is 9.90. The van der Waals surface area contributed by atoms with Gasteiger partial charge in [-0.25, -0.2) is 0 Å². The zero-order chi connectivity index (χ0) is 9.84. The molecule has 1 amide bonds. The second-order valence-corrected chi connectivity index (χ2v) is 3.83. The van der Waals surface area contributed by atoms with Crippen molar-refractivity contribution in [3.05, 3.63) is 6.92 Å². The van der Waals surface area contributed by atoms with E-state index < -0.39 is 0 Å². The number of carbonyl (C=O) groups is 1. The number of hydrogen-bond donors (Lipinski definition) is 1. The molecule has 13 heavy (non-hydrogen) atoms. The summed E-state index contributed by atoms with van der Waals surface area (Å²) in [5, 5.41) is 3.32. The van der Waals surface area contributed by atoms with Gasteiger partial charge in [-0.3, -0.25) is 4.79 Å². The van der Waals surface area contributed by atoms with Gasteiger partial charge in [0.25, 0.3) is 0 Å². The van der Waals surface area contributed by atoms with Crippen LogP contribution >= 0.6 is 0 Å². The van der Waals surface area contributed by atoms with Gasteiger partial charge in [-0.1, -0.05) is 0 Å². The molecule has 1 rings (SSSR count). The number of hydrogen-bond acceptors (Lipinski definition) is 2. The van der Waals surface area contributed by atoms with Crippen LogP contribution in [-0.2, 0) is 4.79 Å². The van der Waals surface area contributed by atoms with Gasteiger partial charge in [0.2, 0.25) is 5.91 Å². The first kappa shape index (κ1) is 10.5. The lowest BCUT2D eigenvalue weighted by Crippen LogP contribution is -2.43. The molecule has 0 spiro atoms. The second kappa shape index (κ2) is 4.61. The van der Waals surface area contributed by atoms with Crippen molar-refractivity contribution >= 4 is 5.91 Å². The molecule has 1 unspecified atom stereocenters. The molecule has 1 radical (unpaired) electrons. The maximum absolute atomic E-state index is 11.0. The lowest BCUT2D eigenvalue weighted by molar-refractivity contribution is -0.127. The minimum atomic E-state index is -0.0777. The molecule has 1 atom stereocenters. The number of amides is 1. The van der Waals surface area contributed by atoms with Crippen molar-refractivity contribution < 1.29 is 4.79 Å². The number of carbonyl (C=O) groups excluding carboxylic acids is 1. The first-order valence-corrected chi connectivity index (χ1v) is 4.92. The minimum absolute atomic E-state index is 0.0777. The third-order valence-electron chi connectivity index (χ3n) is 3.07. The van der Waals surface area contributed by atoms with Crippen LogP contribution in [0.2, 0.25) is 0 Å². The summed E-state index contributed by atoms with van der Waals surface area (Å²) in [5.41, 5.74) is 0. The smallest absolute Gasteiger partial charge is 0.223 e. The van der Waals surface area contributed by atoms with Crippen molar-refractivity contribution in [2.75, 3.05) is 20.1 Å². The van der Waals surface area contributed by atoms with Crippen LogP contribution in [0.25, 0.3) is 0 Å². The molecular formula is C10H19N2O. The average Bonchev–Trinajstić information content (AvgIpc) is 2.17. The standard InChI is InChI=1S/C10H19N2O/c1-8(12(3)9(2)13)10-4-6-11-7-5-10/h8,10-11H,2,4-7H2,1,3H3. The summed E-state index contributed by atoms with van der Waals surface area (Å²) in [7, 11) is 1.84. The van der Waals surface area contributed by atoms with E-state index in [-0.39, 0.29) is 5.91 Å². The van der Waals surface area contributed by atoms with Crippen molar-refractivity contribution in [1.29, 1.82) is 0 Å². The van der Waals surface area contributed by atoms with E-state index in [4.69, 9.17) is 0 Å². The summed E-state index contributed by atoms with van der Waals surface area (Å²) < 4.78 is 0. The van der Waals surface area contributed by atoms with E-state index in [1.807, 2.05) is 7.05 Å². The van der Waals surface area contributed by atoms with Gasteiger partial charge >= 0.3 is 0 Å². The Labute approximate surface area is 80.5 Å². The Morgan fingerprint density at radius 2 is 2.08 bits per heavy atom. The Bertz CT molecular complexity index is 176. The predicted molar refractivity (Wildman–Crippen MR) is 53.2 cm³/mol. The topological polar surface area (TPSA) is 32.3 Å². The van der Waals surface area contributed by atoms with Gasteiger partial charge in [0, 0.05) is 20.0 Å². The molecule has 75 valence electrons. The van der Waals surface area contributed by atoms with Crippen LogP contribution in [0.1, 0.15) is 19.8 Å². The second-order valence-electron chi connectivity index (χ2n) is 3.83. The lowest BCUT2D eigenvalue weighted by Gasteiger charge is -2.34. The molecular weight excluding hydrogens is 164 g/mol. The van der Waals surface area contributed by atoms with E-state index in [0.717, 1.165) is 13.1 Å². The fourth-order valence-electron chi connectivity index (χ4n) is 1.87. The Balaban J connectivity index is 2.44. The van der Waals surface area contributed by atoms with Crippen LogP contribution in [0.15, 0.2) is 0 Å². The molecule has 1 saturated heterocycles.